The van der Waals surface area contributed by atoms with Gasteiger partial charge in [0.25, 0.3) is 5.56 Å². The Morgan fingerprint density at radius 3 is 2.23 bits per heavy atom. The molecule has 0 aliphatic carbocycles. The number of nitrogens with one attached hydrogen (secondary N) is 1. The van der Waals surface area contributed by atoms with Gasteiger partial charge in [-0.05, 0) is 23.9 Å². The third kappa shape index (κ3) is 5.70. The van der Waals surface area contributed by atoms with Crippen molar-refractivity contribution in [3.05, 3.63) is 125 Å². The second-order valence-corrected chi connectivity index (χ2v) is 6.64. The Kier molecular flexibility index (Phi) is 7.77. The van der Waals surface area contributed by atoms with Crippen LogP contribution in [0.1, 0.15) is 11.3 Å². The molecule has 2 aliphatic heterocycles. The average molecular weight is 506 g/mol. The second-order valence-electron chi connectivity index (χ2n) is 6.64. The van der Waals surface area contributed by atoms with Gasteiger partial charge in [-0.2, -0.15) is 36.4 Å². The first kappa shape index (κ1) is 22.5. The van der Waals surface area contributed by atoms with Crippen LogP contribution in [0.2, 0.25) is 0 Å². The molecule has 0 bridgehead atoms. The number of phenolic OH excluding ortho intramolecular Hbond substituents is 1. The molecule has 3 aromatic rings. The smallest absolute Gasteiger partial charge is 0.519 e. The Balaban J connectivity index is 0.000000338. The van der Waals surface area contributed by atoms with Gasteiger partial charge in [-0.3, -0.25) is 9.36 Å². The molecule has 0 fully saturated rings. The van der Waals surface area contributed by atoms with Crippen molar-refractivity contribution in [1.82, 2.24) is 14.5 Å². The topological polar surface area (TPSA) is 70.9 Å². The summed E-state index contributed by atoms with van der Waals surface area (Å²) in [6.07, 6.45) is 5.14. The molecule has 5 nitrogen and oxygen atoms in total. The Bertz CT molecular complexity index is 1210. The van der Waals surface area contributed by atoms with Gasteiger partial charge >= 0.3 is 27.3 Å². The molecule has 0 amide bonds. The quantitative estimate of drug-likeness (QED) is 0.284. The van der Waals surface area contributed by atoms with Gasteiger partial charge in [0, 0.05) is 6.42 Å². The summed E-state index contributed by atoms with van der Waals surface area (Å²) in [6, 6.07) is 29.0. The van der Waals surface area contributed by atoms with Crippen molar-refractivity contribution in [3.63, 3.8) is 0 Å². The minimum Gasteiger partial charge on any atom is -0.519 e. The van der Waals surface area contributed by atoms with Gasteiger partial charge < -0.3 is 10.1 Å². The summed E-state index contributed by atoms with van der Waals surface area (Å²) in [5.41, 5.74) is 2.97. The fourth-order valence-electron chi connectivity index (χ4n) is 2.99. The molecule has 0 saturated carbocycles. The molecule has 0 spiro atoms. The van der Waals surface area contributed by atoms with Gasteiger partial charge in [-0.1, -0.05) is 53.7 Å². The number of fused-ring (bicyclic) bond motifs is 1. The number of H-pyrrole nitrogens is 1. The number of aromatic hydroxyl groups is 1. The summed E-state index contributed by atoms with van der Waals surface area (Å²) in [5, 5.41) is 9.38. The zero-order chi connectivity index (χ0) is 20.8. The molecule has 0 aromatic heterocycles. The van der Waals surface area contributed by atoms with Gasteiger partial charge in [0.2, 0.25) is 0 Å². The van der Waals surface area contributed by atoms with Crippen molar-refractivity contribution in [3.8, 4) is 22.8 Å². The maximum Gasteiger partial charge on any atom is 2.00 e. The number of aromatic amines is 1. The number of hydrogen-bond acceptors (Lipinski definition) is 3. The average Bonchev–Trinajstić information content (AvgIpc) is 3.11. The Hall–Kier alpha value is -3.20. The monoisotopic (exact) mass is 507 g/mol. The van der Waals surface area contributed by atoms with Crippen molar-refractivity contribution in [1.29, 1.82) is 0 Å². The molecule has 31 heavy (non-hydrogen) atoms. The standard InChI is InChI=1S/C19H14N3O2.C6H5.Cd/c23-15-8-6-14(7-9-15)17-12-22-18(11-20-17)21-16(19(22)24)10-13-4-2-1-3-5-13;1-2-4-6-5-3-1;/h1-9,12,20,23H,10H2;1-5H;/q2*-1;+2. The molecule has 148 valence electrons. The van der Waals surface area contributed by atoms with Gasteiger partial charge in [0.05, 0.1) is 5.82 Å². The molecule has 0 atom stereocenters. The SMILES string of the molecule is O=c1c(Cc2ccccc2)nc2[c-][nH]c(-c3ccc(O)cc3)cn1-2.[Cd+2].[c-]1ccccc1. The first-order valence-electron chi connectivity index (χ1n) is 9.47. The minimum atomic E-state index is -0.140. The van der Waals surface area contributed by atoms with E-state index in [1.54, 1.807) is 30.5 Å². The normalized spacial score (nSPS) is 10.1. The van der Waals surface area contributed by atoms with E-state index >= 15 is 0 Å². The Labute approximate surface area is 200 Å². The van der Waals surface area contributed by atoms with Crippen LogP contribution in [-0.4, -0.2) is 19.6 Å². The zero-order valence-corrected chi connectivity index (χ0v) is 20.9. The maximum atomic E-state index is 12.6. The fraction of sp³-hybridized carbons (Fsp3) is 0.0400. The maximum absolute atomic E-state index is 12.6. The van der Waals surface area contributed by atoms with Crippen LogP contribution in [0.5, 0.6) is 5.75 Å². The third-order valence-electron chi connectivity index (χ3n) is 4.50. The van der Waals surface area contributed by atoms with Crippen molar-refractivity contribution < 1.29 is 32.4 Å². The zero-order valence-electron chi connectivity index (χ0n) is 16.8. The van der Waals surface area contributed by atoms with Gasteiger partial charge in [-0.25, -0.2) is 4.98 Å². The Morgan fingerprint density at radius 1 is 0.935 bits per heavy atom. The van der Waals surface area contributed by atoms with Crippen LogP contribution in [-0.2, 0) is 33.7 Å². The van der Waals surface area contributed by atoms with Crippen LogP contribution >= 0.6 is 0 Å². The van der Waals surface area contributed by atoms with Gasteiger partial charge in [-0.15, -0.1) is 6.20 Å². The van der Waals surface area contributed by atoms with Crippen molar-refractivity contribution >= 4 is 0 Å². The number of imidazole rings is 1. The summed E-state index contributed by atoms with van der Waals surface area (Å²) < 4.78 is 1.50. The molecule has 3 aromatic carbocycles. The first-order chi connectivity index (χ1) is 14.7. The second kappa shape index (κ2) is 10.7. The summed E-state index contributed by atoms with van der Waals surface area (Å²) in [7, 11) is 0. The number of rotatable bonds is 3. The number of benzene rings is 3. The molecule has 5 rings (SSSR count). The summed E-state index contributed by atoms with van der Waals surface area (Å²) in [6.45, 7) is 0. The van der Waals surface area contributed by atoms with Crippen LogP contribution in [0, 0.1) is 12.3 Å². The van der Waals surface area contributed by atoms with E-state index in [0.717, 1.165) is 16.8 Å². The van der Waals surface area contributed by atoms with Crippen molar-refractivity contribution in [2.24, 2.45) is 0 Å². The molecule has 0 unspecified atom stereocenters. The summed E-state index contributed by atoms with van der Waals surface area (Å²) in [4.78, 5) is 20.0. The van der Waals surface area contributed by atoms with E-state index in [1.807, 2.05) is 60.7 Å². The molecule has 2 aliphatic rings. The summed E-state index contributed by atoms with van der Waals surface area (Å²) in [5.74, 6) is 0.662. The van der Waals surface area contributed by atoms with Crippen LogP contribution in [0.15, 0.2) is 95.9 Å². The van der Waals surface area contributed by atoms with E-state index in [4.69, 9.17) is 0 Å². The van der Waals surface area contributed by atoms with Crippen molar-refractivity contribution in [2.75, 3.05) is 0 Å². The third-order valence-corrected chi connectivity index (χ3v) is 4.50. The molecule has 6 heteroatoms. The molecule has 0 saturated heterocycles. The van der Waals surface area contributed by atoms with E-state index in [9.17, 15) is 9.90 Å². The van der Waals surface area contributed by atoms with Gasteiger partial charge in [0.1, 0.15) is 11.4 Å². The number of aromatic nitrogens is 3. The molecular weight excluding hydrogens is 487 g/mol. The Morgan fingerprint density at radius 2 is 1.61 bits per heavy atom. The van der Waals surface area contributed by atoms with Gasteiger partial charge in [0.15, 0.2) is 0 Å². The van der Waals surface area contributed by atoms with E-state index in [1.165, 1.54) is 4.57 Å². The minimum absolute atomic E-state index is 0. The number of phenols is 1. The van der Waals surface area contributed by atoms with Crippen LogP contribution in [0.4, 0.5) is 0 Å². The predicted molar refractivity (Wildman–Crippen MR) is 116 cm³/mol. The fourth-order valence-corrected chi connectivity index (χ4v) is 2.99. The molecule has 2 heterocycles. The number of hydrogen-bond donors (Lipinski definition) is 2. The van der Waals surface area contributed by atoms with Crippen LogP contribution < -0.4 is 5.56 Å². The molecular formula is C25H19CdN3O2. The van der Waals surface area contributed by atoms with E-state index in [-0.39, 0.29) is 38.6 Å². The first-order valence-corrected chi connectivity index (χ1v) is 9.47. The van der Waals surface area contributed by atoms with Crippen LogP contribution in [0.25, 0.3) is 17.1 Å². The number of nitrogens with zero attached hydrogens (tertiary/aromatic N) is 2. The van der Waals surface area contributed by atoms with Crippen LogP contribution in [0.3, 0.4) is 0 Å². The van der Waals surface area contributed by atoms with E-state index < -0.39 is 0 Å². The predicted octanol–water partition coefficient (Wildman–Crippen LogP) is 4.25. The molecule has 0 radical (unpaired) electrons. The summed E-state index contributed by atoms with van der Waals surface area (Å²) >= 11 is 0. The molecule has 2 N–H and O–H groups in total. The van der Waals surface area contributed by atoms with E-state index in [2.05, 4.69) is 22.2 Å². The largest absolute Gasteiger partial charge is 2.00 e. The van der Waals surface area contributed by atoms with E-state index in [0.29, 0.717) is 17.9 Å². The van der Waals surface area contributed by atoms with Crippen molar-refractivity contribution in [2.45, 2.75) is 6.42 Å².